The molecule has 0 radical (unpaired) electrons. The van der Waals surface area contributed by atoms with Crippen molar-refractivity contribution in [2.45, 2.75) is 59.0 Å². The summed E-state index contributed by atoms with van der Waals surface area (Å²) in [6.45, 7) is 7.13. The van der Waals surface area contributed by atoms with E-state index in [9.17, 15) is 4.79 Å². The standard InChI is InChI=1S/C24H30O4/c1-4-6-7-10-15-27-24(25)23-19(17(3)26-5-2)13-14-22-20(23)16-18-11-8-9-12-21(18)28-22/h8-9,11-14,17H,4-7,10,15-16H2,1-3H3. The van der Waals surface area contributed by atoms with Gasteiger partial charge in [-0.25, -0.2) is 4.79 Å². The first-order valence-electron chi connectivity index (χ1n) is 10.4. The fourth-order valence-corrected chi connectivity index (χ4v) is 3.66. The van der Waals surface area contributed by atoms with Gasteiger partial charge in [0.05, 0.1) is 18.3 Å². The summed E-state index contributed by atoms with van der Waals surface area (Å²) in [6, 6.07) is 11.8. The SMILES string of the molecule is CCCCCCOC(=O)c1c(C(C)OCC)ccc2c1Cc1ccccc1O2. The van der Waals surface area contributed by atoms with Crippen molar-refractivity contribution < 1.29 is 19.0 Å². The van der Waals surface area contributed by atoms with E-state index < -0.39 is 0 Å². The van der Waals surface area contributed by atoms with Crippen LogP contribution in [0.25, 0.3) is 0 Å². The Kier molecular flexibility index (Phi) is 7.10. The molecular weight excluding hydrogens is 352 g/mol. The molecule has 0 fully saturated rings. The Hall–Kier alpha value is -2.33. The maximum Gasteiger partial charge on any atom is 0.338 e. The highest BCUT2D eigenvalue weighted by atomic mass is 16.5. The minimum atomic E-state index is -0.280. The predicted octanol–water partition coefficient (Wildman–Crippen LogP) is 6.22. The number of carbonyl (C=O) groups is 1. The van der Waals surface area contributed by atoms with E-state index in [1.165, 1.54) is 0 Å². The molecule has 3 rings (SSSR count). The first-order valence-corrected chi connectivity index (χ1v) is 10.4. The summed E-state index contributed by atoms with van der Waals surface area (Å²) in [5.74, 6) is 1.29. The van der Waals surface area contributed by atoms with Crippen molar-refractivity contribution >= 4 is 5.97 Å². The van der Waals surface area contributed by atoms with Crippen LogP contribution in [0.3, 0.4) is 0 Å². The van der Waals surface area contributed by atoms with E-state index in [1.807, 2.05) is 50.2 Å². The number of fused-ring (bicyclic) bond motifs is 2. The van der Waals surface area contributed by atoms with Crippen LogP contribution >= 0.6 is 0 Å². The molecule has 1 aliphatic heterocycles. The molecule has 0 bridgehead atoms. The van der Waals surface area contributed by atoms with Crippen molar-refractivity contribution in [2.24, 2.45) is 0 Å². The van der Waals surface area contributed by atoms with Gasteiger partial charge >= 0.3 is 5.97 Å². The zero-order valence-electron chi connectivity index (χ0n) is 17.1. The van der Waals surface area contributed by atoms with Crippen molar-refractivity contribution in [2.75, 3.05) is 13.2 Å². The number of esters is 1. The van der Waals surface area contributed by atoms with Crippen LogP contribution in [0.15, 0.2) is 36.4 Å². The van der Waals surface area contributed by atoms with Crippen molar-refractivity contribution in [1.82, 2.24) is 0 Å². The van der Waals surface area contributed by atoms with Crippen molar-refractivity contribution in [3.05, 3.63) is 58.7 Å². The smallest absolute Gasteiger partial charge is 0.338 e. The Morgan fingerprint density at radius 3 is 2.68 bits per heavy atom. The third-order valence-electron chi connectivity index (χ3n) is 5.15. The van der Waals surface area contributed by atoms with Gasteiger partial charge in [0.25, 0.3) is 0 Å². The van der Waals surface area contributed by atoms with E-state index in [2.05, 4.69) is 6.92 Å². The van der Waals surface area contributed by atoms with E-state index in [0.29, 0.717) is 25.2 Å². The van der Waals surface area contributed by atoms with Gasteiger partial charge in [-0.3, -0.25) is 0 Å². The first kappa shape index (κ1) is 20.4. The largest absolute Gasteiger partial charge is 0.462 e. The van der Waals surface area contributed by atoms with Crippen molar-refractivity contribution in [3.63, 3.8) is 0 Å². The third kappa shape index (κ3) is 4.56. The molecule has 1 unspecified atom stereocenters. The fourth-order valence-electron chi connectivity index (χ4n) is 3.66. The van der Waals surface area contributed by atoms with Crippen LogP contribution in [0.2, 0.25) is 0 Å². The van der Waals surface area contributed by atoms with E-state index in [1.54, 1.807) is 0 Å². The summed E-state index contributed by atoms with van der Waals surface area (Å²) in [5.41, 5.74) is 3.43. The Morgan fingerprint density at radius 1 is 1.07 bits per heavy atom. The number of rotatable bonds is 9. The maximum atomic E-state index is 13.1. The van der Waals surface area contributed by atoms with Gasteiger partial charge in [-0.1, -0.05) is 50.5 Å². The number of ether oxygens (including phenoxy) is 3. The second-order valence-corrected chi connectivity index (χ2v) is 7.19. The van der Waals surface area contributed by atoms with E-state index in [0.717, 1.165) is 53.9 Å². The fraction of sp³-hybridized carbons (Fsp3) is 0.458. The van der Waals surface area contributed by atoms with Crippen LogP contribution in [0.1, 0.15) is 79.6 Å². The highest BCUT2D eigenvalue weighted by Crippen LogP contribution is 2.40. The van der Waals surface area contributed by atoms with Crippen LogP contribution < -0.4 is 4.74 Å². The van der Waals surface area contributed by atoms with Gasteiger partial charge < -0.3 is 14.2 Å². The van der Waals surface area contributed by atoms with Gasteiger partial charge in [0.1, 0.15) is 11.5 Å². The summed E-state index contributed by atoms with van der Waals surface area (Å²) in [5, 5.41) is 0. The van der Waals surface area contributed by atoms with E-state index in [-0.39, 0.29) is 12.1 Å². The monoisotopic (exact) mass is 382 g/mol. The molecule has 0 saturated heterocycles. The topological polar surface area (TPSA) is 44.8 Å². The average Bonchev–Trinajstić information content (AvgIpc) is 2.71. The Balaban J connectivity index is 1.90. The van der Waals surface area contributed by atoms with Crippen LogP contribution in [-0.4, -0.2) is 19.2 Å². The third-order valence-corrected chi connectivity index (χ3v) is 5.15. The molecule has 0 aromatic heterocycles. The number of hydrogen-bond donors (Lipinski definition) is 0. The highest BCUT2D eigenvalue weighted by Gasteiger charge is 2.28. The molecule has 0 aliphatic carbocycles. The van der Waals surface area contributed by atoms with Crippen molar-refractivity contribution in [3.8, 4) is 11.5 Å². The van der Waals surface area contributed by atoms with Gasteiger partial charge in [-0.05, 0) is 43.5 Å². The molecule has 2 aromatic carbocycles. The molecule has 4 nitrogen and oxygen atoms in total. The molecule has 0 amide bonds. The maximum absolute atomic E-state index is 13.1. The molecule has 0 spiro atoms. The molecule has 150 valence electrons. The second-order valence-electron chi connectivity index (χ2n) is 7.19. The molecule has 1 aliphatic rings. The summed E-state index contributed by atoms with van der Waals surface area (Å²) >= 11 is 0. The van der Waals surface area contributed by atoms with Gasteiger partial charge in [-0.15, -0.1) is 0 Å². The first-order chi connectivity index (χ1) is 13.7. The average molecular weight is 383 g/mol. The summed E-state index contributed by atoms with van der Waals surface area (Å²) in [6.07, 6.45) is 4.76. The van der Waals surface area contributed by atoms with Crippen molar-refractivity contribution in [1.29, 1.82) is 0 Å². The normalized spacial score (nSPS) is 13.2. The zero-order valence-corrected chi connectivity index (χ0v) is 17.1. The Labute approximate surface area is 167 Å². The molecule has 1 heterocycles. The molecular formula is C24H30O4. The minimum Gasteiger partial charge on any atom is -0.462 e. The number of para-hydroxylation sites is 1. The van der Waals surface area contributed by atoms with Crippen LogP contribution in [0.4, 0.5) is 0 Å². The Morgan fingerprint density at radius 2 is 1.89 bits per heavy atom. The number of carbonyl (C=O) groups excluding carboxylic acids is 1. The Bertz CT molecular complexity index is 812. The molecule has 28 heavy (non-hydrogen) atoms. The number of hydrogen-bond acceptors (Lipinski definition) is 4. The lowest BCUT2D eigenvalue weighted by atomic mass is 9.91. The molecule has 0 N–H and O–H groups in total. The second kappa shape index (κ2) is 9.74. The van der Waals surface area contributed by atoms with Crippen LogP contribution in [0, 0.1) is 0 Å². The highest BCUT2D eigenvalue weighted by molar-refractivity contribution is 5.94. The van der Waals surface area contributed by atoms with E-state index >= 15 is 0 Å². The van der Waals surface area contributed by atoms with Crippen LogP contribution in [-0.2, 0) is 15.9 Å². The predicted molar refractivity (Wildman–Crippen MR) is 110 cm³/mol. The lowest BCUT2D eigenvalue weighted by molar-refractivity contribution is 0.0471. The molecule has 2 aromatic rings. The van der Waals surface area contributed by atoms with Gasteiger partial charge in [0.2, 0.25) is 0 Å². The summed E-state index contributed by atoms with van der Waals surface area (Å²) in [7, 11) is 0. The number of benzene rings is 2. The summed E-state index contributed by atoms with van der Waals surface area (Å²) in [4.78, 5) is 13.1. The lowest BCUT2D eigenvalue weighted by Crippen LogP contribution is -2.17. The van der Waals surface area contributed by atoms with Gasteiger partial charge in [0.15, 0.2) is 0 Å². The number of unbranched alkanes of at least 4 members (excludes halogenated alkanes) is 3. The summed E-state index contributed by atoms with van der Waals surface area (Å²) < 4.78 is 17.5. The van der Waals surface area contributed by atoms with Gasteiger partial charge in [-0.2, -0.15) is 0 Å². The zero-order chi connectivity index (χ0) is 19.9. The van der Waals surface area contributed by atoms with E-state index in [4.69, 9.17) is 14.2 Å². The van der Waals surface area contributed by atoms with Crippen LogP contribution in [0.5, 0.6) is 11.5 Å². The molecule has 1 atom stereocenters. The minimum absolute atomic E-state index is 0.185. The lowest BCUT2D eigenvalue weighted by Gasteiger charge is -2.25. The quantitative estimate of drug-likeness (QED) is 0.326. The van der Waals surface area contributed by atoms with Gasteiger partial charge in [0, 0.05) is 18.6 Å². The molecule has 0 saturated carbocycles. The molecule has 4 heteroatoms.